The van der Waals surface area contributed by atoms with Crippen molar-refractivity contribution >= 4 is 0 Å². The van der Waals surface area contributed by atoms with Crippen molar-refractivity contribution in [2.45, 2.75) is 218 Å². The number of methoxy groups -OCH3 is 2. The number of likely N-dealkylation sites (tertiary alicyclic amines) is 1. The molecule has 10 aliphatic rings. The minimum absolute atomic E-state index is 0.0448. The third-order valence-corrected chi connectivity index (χ3v) is 22.8. The van der Waals surface area contributed by atoms with Crippen LogP contribution in [0.25, 0.3) is 0 Å². The number of unbranched alkanes of at least 4 members (excludes halogenated alkanes) is 1. The summed E-state index contributed by atoms with van der Waals surface area (Å²) < 4.78 is 34.6. The number of fused-ring (bicyclic) bond motifs is 5. The average Bonchev–Trinajstić information content (AvgIpc) is 4.09. The molecule has 2 aliphatic heterocycles. The van der Waals surface area contributed by atoms with Crippen LogP contribution >= 0.6 is 0 Å². The lowest BCUT2D eigenvalue weighted by Gasteiger charge is -2.75. The number of hydrogen-bond donors (Lipinski definition) is 4. The summed E-state index contributed by atoms with van der Waals surface area (Å²) >= 11 is 0. The van der Waals surface area contributed by atoms with Gasteiger partial charge in [0.05, 0.1) is 16.8 Å². The van der Waals surface area contributed by atoms with Crippen molar-refractivity contribution in [2.75, 3.05) is 53.6 Å². The average molecular weight is 983 g/mol. The van der Waals surface area contributed by atoms with E-state index in [2.05, 4.69) is 97.7 Å². The van der Waals surface area contributed by atoms with Crippen LogP contribution in [-0.4, -0.2) is 108 Å². The van der Waals surface area contributed by atoms with E-state index in [0.29, 0.717) is 11.8 Å². The third kappa shape index (κ3) is 7.11. The molecule has 10 heteroatoms. The summed E-state index contributed by atoms with van der Waals surface area (Å²) in [5.41, 5.74) is 0.0459. The molecule has 8 fully saturated rings. The van der Waals surface area contributed by atoms with Gasteiger partial charge in [-0.2, -0.15) is 0 Å². The molecule has 0 aromatic heterocycles. The Labute approximate surface area is 428 Å². The van der Waals surface area contributed by atoms with E-state index in [4.69, 9.17) is 23.7 Å². The Kier molecular flexibility index (Phi) is 12.8. The first kappa shape index (κ1) is 51.9. The number of aryl methyl sites for hydroxylation is 1. The number of phenols is 1. The number of aromatic hydroxyl groups is 1. The van der Waals surface area contributed by atoms with Crippen LogP contribution in [0.15, 0.2) is 24.3 Å². The summed E-state index contributed by atoms with van der Waals surface area (Å²) in [6.45, 7) is 28.3. The number of nitrogens with one attached hydrogen (secondary N) is 1. The first-order valence-corrected chi connectivity index (χ1v) is 28.4. The molecular weight excluding hydrogens is 889 g/mol. The first-order valence-electron chi connectivity index (χ1n) is 28.4. The van der Waals surface area contributed by atoms with Crippen LogP contribution in [0, 0.1) is 39.4 Å². The van der Waals surface area contributed by atoms with Gasteiger partial charge in [-0.05, 0) is 162 Å². The zero-order valence-corrected chi connectivity index (χ0v) is 46.4. The monoisotopic (exact) mass is 983 g/mol. The first-order chi connectivity index (χ1) is 33.5. The van der Waals surface area contributed by atoms with Crippen LogP contribution in [0.1, 0.15) is 182 Å². The molecule has 0 unspecified atom stereocenters. The topological polar surface area (TPSA) is 122 Å². The maximum Gasteiger partial charge on any atom is 0.165 e. The highest BCUT2D eigenvalue weighted by Gasteiger charge is 2.82. The molecule has 71 heavy (non-hydrogen) atoms. The highest BCUT2D eigenvalue weighted by Crippen LogP contribution is 2.78. The number of ether oxygens (including phenoxy) is 5. The molecule has 2 spiro atoms. The van der Waals surface area contributed by atoms with Crippen LogP contribution in [0.3, 0.4) is 0 Å². The quantitative estimate of drug-likeness (QED) is 0.101. The minimum Gasteiger partial charge on any atom is -0.504 e. The maximum atomic E-state index is 12.8. The molecule has 2 heterocycles. The minimum atomic E-state index is -0.982. The lowest BCUT2D eigenvalue weighted by atomic mass is 9.33. The van der Waals surface area contributed by atoms with Crippen LogP contribution in [0.5, 0.6) is 23.0 Å². The van der Waals surface area contributed by atoms with E-state index in [1.54, 1.807) is 0 Å². The lowest BCUT2D eigenvalue weighted by molar-refractivity contribution is -0.312. The van der Waals surface area contributed by atoms with E-state index in [-0.39, 0.29) is 64.0 Å². The third-order valence-electron chi connectivity index (χ3n) is 22.8. The Balaban J connectivity index is 0.961. The van der Waals surface area contributed by atoms with Gasteiger partial charge in [-0.15, -0.1) is 0 Å². The molecule has 396 valence electrons. The molecular formula is C61H94N2O8. The number of aliphatic hydroxyl groups is 2. The number of benzene rings is 2. The summed E-state index contributed by atoms with van der Waals surface area (Å²) in [6, 6.07) is 8.97. The standard InChI is InChI=1S/C61H94N2O8/c1-14-17-29-62-38-56-24-26-59(67-12,44(34-56)54(10,65)52(4,5)6)37-57(56,16-3)47-40(15-2)20-22-42(49(47)64)69-31-32-70-43-23-21-41-33-46-58-25-27-61(68-13,45(35-58)55(11,66)53(7,8)9)51-60(58,48(41)50(43)71-51)28-30-63(46)36-39-18-19-39/h20-23,39,44-46,51,62,64-66H,14-19,24-38H2,1-13H3/t44-,45-,46-,51-,54+,55+,56-,57-,58-,59-,60+,61+/m1/s1. The molecule has 8 aliphatic carbocycles. The van der Waals surface area contributed by atoms with Crippen molar-refractivity contribution < 1.29 is 39.0 Å². The number of rotatable bonds is 19. The summed E-state index contributed by atoms with van der Waals surface area (Å²) in [5.74, 6) is 2.95. The van der Waals surface area contributed by atoms with Crippen LogP contribution in [0.4, 0.5) is 0 Å². The lowest BCUT2D eigenvalue weighted by Crippen LogP contribution is -2.83. The van der Waals surface area contributed by atoms with Crippen molar-refractivity contribution in [3.05, 3.63) is 46.5 Å². The Hall–Kier alpha value is -2.60. The van der Waals surface area contributed by atoms with E-state index >= 15 is 0 Å². The van der Waals surface area contributed by atoms with E-state index in [1.807, 2.05) is 27.2 Å². The molecule has 0 radical (unpaired) electrons. The molecule has 0 amide bonds. The molecule has 7 saturated carbocycles. The van der Waals surface area contributed by atoms with Gasteiger partial charge in [0, 0.05) is 72.6 Å². The second-order valence-electron chi connectivity index (χ2n) is 27.1. The number of phenolic OH excluding ortho intramolecular Hbond substituents is 1. The SMILES string of the molecule is CCCCNC[C@]12CC[C@@](OC)(C[C@]1(CC)c1c(CC)ccc(OCCOc3ccc4c5c3O[C@H]3[C@]6(OC)CC[C@@]7(C[C@@H]6[C@](C)(O)C(C)(C)C)[C@@H](C4)N(CC4CC4)CC[C@]537)c1O)[C@@H]([C@](C)(O)C(C)(C)C)C2. The van der Waals surface area contributed by atoms with Gasteiger partial charge in [0.1, 0.15) is 24.9 Å². The van der Waals surface area contributed by atoms with Crippen LogP contribution in [-0.2, 0) is 33.1 Å². The second kappa shape index (κ2) is 17.5. The van der Waals surface area contributed by atoms with E-state index in [9.17, 15) is 15.3 Å². The smallest absolute Gasteiger partial charge is 0.165 e. The predicted molar refractivity (Wildman–Crippen MR) is 281 cm³/mol. The fourth-order valence-corrected chi connectivity index (χ4v) is 17.7. The normalized spacial score (nSPS) is 37.6. The van der Waals surface area contributed by atoms with Gasteiger partial charge in [-0.1, -0.05) is 80.9 Å². The van der Waals surface area contributed by atoms with Gasteiger partial charge in [0.2, 0.25) is 0 Å². The number of nitrogens with zero attached hydrogens (tertiary/aromatic N) is 1. The summed E-state index contributed by atoms with van der Waals surface area (Å²) in [6.07, 6.45) is 14.5. The van der Waals surface area contributed by atoms with Crippen LogP contribution < -0.4 is 19.5 Å². The van der Waals surface area contributed by atoms with Crippen LogP contribution in [0.2, 0.25) is 0 Å². The van der Waals surface area contributed by atoms with Gasteiger partial charge in [-0.25, -0.2) is 0 Å². The Bertz CT molecular complexity index is 2330. The van der Waals surface area contributed by atoms with Gasteiger partial charge in [0.15, 0.2) is 23.0 Å². The van der Waals surface area contributed by atoms with E-state index in [1.165, 1.54) is 30.5 Å². The van der Waals surface area contributed by atoms with Crippen molar-refractivity contribution in [3.8, 4) is 23.0 Å². The van der Waals surface area contributed by atoms with Gasteiger partial charge < -0.3 is 44.3 Å². The second-order valence-corrected chi connectivity index (χ2v) is 27.1. The number of hydrogen-bond acceptors (Lipinski definition) is 10. The van der Waals surface area contributed by atoms with Crippen molar-refractivity contribution in [1.29, 1.82) is 0 Å². The summed E-state index contributed by atoms with van der Waals surface area (Å²) in [5, 5.41) is 42.0. The maximum absolute atomic E-state index is 12.8. The molecule has 10 nitrogen and oxygen atoms in total. The number of piperidine rings is 1. The van der Waals surface area contributed by atoms with Crippen molar-refractivity contribution in [1.82, 2.24) is 10.2 Å². The molecule has 4 N–H and O–H groups in total. The Morgan fingerprint density at radius 1 is 0.789 bits per heavy atom. The van der Waals surface area contributed by atoms with Gasteiger partial charge in [-0.3, -0.25) is 4.90 Å². The van der Waals surface area contributed by atoms with E-state index in [0.717, 1.165) is 132 Å². The predicted octanol–water partition coefficient (Wildman–Crippen LogP) is 10.8. The molecule has 6 bridgehead atoms. The fraction of sp³-hybridized carbons (Fsp3) is 0.803. The van der Waals surface area contributed by atoms with E-state index < -0.39 is 27.8 Å². The van der Waals surface area contributed by atoms with Crippen molar-refractivity contribution in [2.24, 2.45) is 39.4 Å². The molecule has 1 saturated heterocycles. The molecule has 12 rings (SSSR count). The molecule has 2 aromatic rings. The highest BCUT2D eigenvalue weighted by molar-refractivity contribution is 5.64. The molecule has 12 atom stereocenters. The van der Waals surface area contributed by atoms with Gasteiger partial charge in [0.25, 0.3) is 0 Å². The zero-order valence-electron chi connectivity index (χ0n) is 46.4. The summed E-state index contributed by atoms with van der Waals surface area (Å²) in [7, 11) is 3.72. The molecule has 2 aromatic carbocycles. The fourth-order valence-electron chi connectivity index (χ4n) is 17.7. The summed E-state index contributed by atoms with van der Waals surface area (Å²) in [4.78, 5) is 2.86. The van der Waals surface area contributed by atoms with Crippen molar-refractivity contribution in [3.63, 3.8) is 0 Å². The highest BCUT2D eigenvalue weighted by atomic mass is 16.6. The Morgan fingerprint density at radius 3 is 2.11 bits per heavy atom. The Morgan fingerprint density at radius 2 is 1.48 bits per heavy atom. The zero-order chi connectivity index (χ0) is 51.0. The van der Waals surface area contributed by atoms with Gasteiger partial charge >= 0.3 is 0 Å². The largest absolute Gasteiger partial charge is 0.504 e.